The highest BCUT2D eigenvalue weighted by molar-refractivity contribution is 5.99. The number of guanidine groups is 4. The second kappa shape index (κ2) is 26.9. The van der Waals surface area contributed by atoms with E-state index in [4.69, 9.17) is 51.6 Å². The number of carbonyl (C=O) groups is 6. The lowest BCUT2D eigenvalue weighted by Gasteiger charge is -2.30. The fourth-order valence-corrected chi connectivity index (χ4v) is 6.61. The highest BCUT2D eigenvalue weighted by Crippen LogP contribution is 2.40. The average molecular weight is 1060 g/mol. The molecule has 0 aliphatic rings. The molecule has 6 amide bonds. The second-order valence-corrected chi connectivity index (χ2v) is 15.6. The van der Waals surface area contributed by atoms with Crippen LogP contribution < -0.4 is 83.1 Å². The van der Waals surface area contributed by atoms with Crippen LogP contribution in [0.15, 0.2) is 117 Å². The summed E-state index contributed by atoms with van der Waals surface area (Å²) >= 11 is 0. The summed E-state index contributed by atoms with van der Waals surface area (Å²) in [5.41, 5.74) is 47.0. The number of amides is 6. The summed E-state index contributed by atoms with van der Waals surface area (Å²) in [6.45, 7) is -0.645. The maximum Gasteiger partial charge on any atom is 0.301 e. The molecule has 33 nitrogen and oxygen atoms in total. The van der Waals surface area contributed by atoms with E-state index in [1.807, 2.05) is 52.4 Å². The number of aliphatic hydroxyl groups is 1. The van der Waals surface area contributed by atoms with Crippen molar-refractivity contribution in [3.8, 4) is 6.07 Å². The molecule has 0 aromatic heterocycles. The molecule has 0 bridgehead atoms. The third kappa shape index (κ3) is 17.1. The van der Waals surface area contributed by atoms with E-state index in [1.165, 1.54) is 42.5 Å². The standard InChI is InChI=1S/C44H50N22O11/c45-19-24-17-26(65(74)75)29(27(18-24)66(76)77)64(20-23-15-13-22(14-16-23)12-11-21-7-3-1-4-8-21)40(73)39(72)55-28(25-9-5-2-6-10-25)35(68)57-32(61-42(49)50)37(70)59-34(63-44(53)54)38(71)58-33(62-43(51)52)36(69)56-31(30(46)67)60-41(47)48/h1-18,28,31-34,40,73H,20H2,(H2,46,67)(H,55,72)(H,56,69)(H,57,68)(H,58,71)(H,59,70)(H4,47,48,60)(H4,49,50,61)(H4,51,52,62)(H4,53,54,63)/b12-11+. The fraction of sp³-hybridized carbons (Fsp3) is 0.159. The van der Waals surface area contributed by atoms with Crippen LogP contribution in [0.2, 0.25) is 0 Å². The van der Waals surface area contributed by atoms with Crippen molar-refractivity contribution < 1.29 is 43.7 Å². The number of anilines is 1. The van der Waals surface area contributed by atoms with Gasteiger partial charge in [0.1, 0.15) is 6.04 Å². The zero-order valence-electron chi connectivity index (χ0n) is 39.9. The Morgan fingerprint density at radius 2 is 0.961 bits per heavy atom. The molecule has 33 heteroatoms. The van der Waals surface area contributed by atoms with Crippen LogP contribution in [0, 0.1) is 31.6 Å². The molecule has 0 aliphatic heterocycles. The van der Waals surface area contributed by atoms with Crippen molar-refractivity contribution in [1.29, 1.82) is 5.26 Å². The molecule has 402 valence electrons. The number of nitro groups is 2. The Hall–Kier alpha value is -11.4. The van der Waals surface area contributed by atoms with E-state index in [-0.39, 0.29) is 11.1 Å². The highest BCUT2D eigenvalue weighted by Gasteiger charge is 2.39. The number of rotatable bonds is 24. The first kappa shape index (κ1) is 58.1. The second-order valence-electron chi connectivity index (χ2n) is 15.6. The van der Waals surface area contributed by atoms with Gasteiger partial charge in [0.25, 0.3) is 29.5 Å². The lowest BCUT2D eigenvalue weighted by atomic mass is 10.1. The van der Waals surface area contributed by atoms with Gasteiger partial charge in [-0.15, -0.1) is 0 Å². The van der Waals surface area contributed by atoms with E-state index >= 15 is 0 Å². The predicted octanol–water partition coefficient (Wildman–Crippen LogP) is -4.92. The molecule has 4 rings (SSSR count). The van der Waals surface area contributed by atoms with Crippen LogP contribution in [0.4, 0.5) is 17.1 Å². The first-order chi connectivity index (χ1) is 36.4. The van der Waals surface area contributed by atoms with E-state index in [9.17, 15) is 59.4 Å². The van der Waals surface area contributed by atoms with E-state index in [2.05, 4.69) is 30.6 Å². The zero-order chi connectivity index (χ0) is 57.1. The lowest BCUT2D eigenvalue weighted by Crippen LogP contribution is -2.58. The summed E-state index contributed by atoms with van der Waals surface area (Å²) in [4.78, 5) is 119. The number of nitriles is 1. The van der Waals surface area contributed by atoms with Gasteiger partial charge in [0.2, 0.25) is 36.8 Å². The summed E-state index contributed by atoms with van der Waals surface area (Å²) in [5.74, 6) is -11.7. The molecule has 0 fully saturated rings. The molecule has 0 radical (unpaired) electrons. The van der Waals surface area contributed by atoms with Crippen LogP contribution in [0.3, 0.4) is 0 Å². The minimum Gasteiger partial charge on any atom is -0.370 e. The fourth-order valence-electron chi connectivity index (χ4n) is 6.61. The van der Waals surface area contributed by atoms with Gasteiger partial charge in [-0.05, 0) is 22.3 Å². The Balaban J connectivity index is 1.72. The highest BCUT2D eigenvalue weighted by atomic mass is 16.6. The van der Waals surface area contributed by atoms with Crippen LogP contribution in [0.1, 0.15) is 33.9 Å². The number of nitro benzene ring substituents is 2. The maximum absolute atomic E-state index is 14.4. The predicted molar refractivity (Wildman–Crippen MR) is 276 cm³/mol. The number of carbonyl (C=O) groups excluding carboxylic acids is 6. The number of benzene rings is 4. The van der Waals surface area contributed by atoms with Gasteiger partial charge in [0.15, 0.2) is 29.5 Å². The van der Waals surface area contributed by atoms with Crippen molar-refractivity contribution in [2.75, 3.05) is 4.90 Å². The molecule has 0 heterocycles. The third-order valence-electron chi connectivity index (χ3n) is 9.93. The molecule has 24 N–H and O–H groups in total. The number of nitrogens with two attached hydrogens (primary N) is 9. The molecular formula is C44H50N22O11. The van der Waals surface area contributed by atoms with Crippen molar-refractivity contribution in [2.24, 2.45) is 71.6 Å². The molecule has 4 aromatic rings. The van der Waals surface area contributed by atoms with Gasteiger partial charge < -0.3 is 88.2 Å². The van der Waals surface area contributed by atoms with Crippen LogP contribution in [-0.4, -0.2) is 105 Å². The Morgan fingerprint density at radius 3 is 1.36 bits per heavy atom. The van der Waals surface area contributed by atoms with Gasteiger partial charge in [0, 0.05) is 18.7 Å². The van der Waals surface area contributed by atoms with Gasteiger partial charge in [-0.25, -0.2) is 20.0 Å². The smallest absolute Gasteiger partial charge is 0.301 e. The zero-order valence-corrected chi connectivity index (χ0v) is 39.9. The number of nitrogens with zero attached hydrogens (tertiary/aromatic N) is 8. The summed E-state index contributed by atoms with van der Waals surface area (Å²) in [5, 5.41) is 57.0. The lowest BCUT2D eigenvalue weighted by molar-refractivity contribution is -0.392. The Kier molecular flexibility index (Phi) is 20.3. The van der Waals surface area contributed by atoms with Crippen molar-refractivity contribution in [2.45, 2.75) is 43.5 Å². The molecule has 6 atom stereocenters. The quantitative estimate of drug-likeness (QED) is 0.00781. The van der Waals surface area contributed by atoms with Crippen LogP contribution in [-0.2, 0) is 35.3 Å². The van der Waals surface area contributed by atoms with Crippen molar-refractivity contribution in [3.05, 3.63) is 145 Å². The molecule has 77 heavy (non-hydrogen) atoms. The number of hydrogen-bond donors (Lipinski definition) is 15. The van der Waals surface area contributed by atoms with Crippen molar-refractivity contribution in [3.63, 3.8) is 0 Å². The molecule has 0 aliphatic carbocycles. The summed E-state index contributed by atoms with van der Waals surface area (Å²) in [7, 11) is 0. The van der Waals surface area contributed by atoms with Crippen LogP contribution >= 0.6 is 0 Å². The molecule has 4 aromatic carbocycles. The monoisotopic (exact) mass is 1060 g/mol. The first-order valence-electron chi connectivity index (χ1n) is 21.7. The minimum atomic E-state index is -2.62. The number of hydrogen-bond acceptors (Lipinski definition) is 17. The topological polar surface area (TPSA) is 580 Å². The van der Waals surface area contributed by atoms with E-state index in [0.717, 1.165) is 5.56 Å². The summed E-state index contributed by atoms with van der Waals surface area (Å²) < 4.78 is 0. The van der Waals surface area contributed by atoms with E-state index in [1.54, 1.807) is 24.3 Å². The number of nitrogens with one attached hydrogen (secondary N) is 5. The largest absolute Gasteiger partial charge is 0.370 e. The number of aliphatic imine (C=N–C) groups is 4. The molecular weight excluding hydrogens is 1010 g/mol. The Morgan fingerprint density at radius 1 is 0.571 bits per heavy atom. The number of aliphatic hydroxyl groups excluding tert-OH is 1. The van der Waals surface area contributed by atoms with Gasteiger partial charge in [-0.1, -0.05) is 97.1 Å². The van der Waals surface area contributed by atoms with Gasteiger partial charge in [0.05, 0.1) is 21.5 Å². The van der Waals surface area contributed by atoms with Gasteiger partial charge >= 0.3 is 11.4 Å². The number of primary amides is 1. The van der Waals surface area contributed by atoms with Crippen LogP contribution in [0.5, 0.6) is 0 Å². The van der Waals surface area contributed by atoms with Gasteiger partial charge in [-0.3, -0.25) is 49.0 Å². The summed E-state index contributed by atoms with van der Waals surface area (Å²) in [6.07, 6.45) is -7.61. The van der Waals surface area contributed by atoms with Crippen LogP contribution in [0.25, 0.3) is 12.2 Å². The molecule has 0 saturated heterocycles. The maximum atomic E-state index is 14.4. The SMILES string of the molecule is N#Cc1cc([N+](=O)[O-])c(N(Cc2ccc(/C=C/c3ccccc3)cc2)C(O)C(=O)NC(C(=O)NC(N=C(N)N)C(=O)NC(N=C(N)N)C(=O)NC(N=C(N)N)C(=O)NC(N=C(N)N)C(N)=O)c2ccccc2)c([N+](=O)[O-])c1. The van der Waals surface area contributed by atoms with Crippen molar-refractivity contribution >= 4 is 88.5 Å². The van der Waals surface area contributed by atoms with E-state index in [0.29, 0.717) is 22.6 Å². The third-order valence-corrected chi connectivity index (χ3v) is 9.93. The molecule has 6 unspecified atom stereocenters. The van der Waals surface area contributed by atoms with E-state index < -0.39 is 135 Å². The minimum absolute atomic E-state index is 0.0596. The summed E-state index contributed by atoms with van der Waals surface area (Å²) in [6, 6.07) is 23.5. The first-order valence-corrected chi connectivity index (χ1v) is 21.7. The Bertz CT molecular complexity index is 3020. The Labute approximate surface area is 434 Å². The molecule has 0 spiro atoms. The van der Waals surface area contributed by atoms with Crippen molar-refractivity contribution in [1.82, 2.24) is 26.6 Å². The normalized spacial score (nSPS) is 12.9. The molecule has 0 saturated carbocycles. The average Bonchev–Trinajstić information content (AvgIpc) is 3.37. The van der Waals surface area contributed by atoms with Gasteiger partial charge in [-0.2, -0.15) is 5.26 Å².